The van der Waals surface area contributed by atoms with Crippen molar-refractivity contribution in [2.24, 2.45) is 7.05 Å². The molecule has 12 heteroatoms. The molecule has 2 heterocycles. The van der Waals surface area contributed by atoms with Gasteiger partial charge in [0.05, 0.1) is 18.8 Å². The number of hydroxylamine groups is 1. The van der Waals surface area contributed by atoms with Crippen LogP contribution in [0.2, 0.25) is 0 Å². The first-order valence-electron chi connectivity index (χ1n) is 12.3. The van der Waals surface area contributed by atoms with Crippen molar-refractivity contribution in [3.63, 3.8) is 0 Å². The molecule has 38 heavy (non-hydrogen) atoms. The second kappa shape index (κ2) is 13.5. The summed E-state index contributed by atoms with van der Waals surface area (Å²) in [4.78, 5) is 23.5. The molecule has 2 amide bonds. The van der Waals surface area contributed by atoms with Crippen LogP contribution in [0, 0.1) is 0 Å². The quantitative estimate of drug-likeness (QED) is 0.163. The monoisotopic (exact) mass is 541 g/mol. The number of rotatable bonds is 11. The van der Waals surface area contributed by atoms with Crippen molar-refractivity contribution in [1.82, 2.24) is 20.2 Å². The van der Waals surface area contributed by atoms with Crippen molar-refractivity contribution >= 4 is 29.3 Å². The Balaban J connectivity index is 1.46. The molecule has 1 fully saturated rings. The van der Waals surface area contributed by atoms with Gasteiger partial charge in [-0.2, -0.15) is 0 Å². The molecule has 0 saturated carbocycles. The van der Waals surface area contributed by atoms with E-state index in [2.05, 4.69) is 15.5 Å². The summed E-state index contributed by atoms with van der Waals surface area (Å²) >= 11 is 1.56. The van der Waals surface area contributed by atoms with Crippen LogP contribution in [0.1, 0.15) is 54.8 Å². The molecule has 4 N–H and O–H groups in total. The first-order valence-corrected chi connectivity index (χ1v) is 13.2. The molecule has 1 aromatic heterocycles. The molecular formula is C26H31N5O6S. The Labute approximate surface area is 224 Å². The number of nitrogens with zero attached hydrogens (tertiary/aromatic N) is 3. The summed E-state index contributed by atoms with van der Waals surface area (Å²) in [5, 5.41) is 29.7. The van der Waals surface area contributed by atoms with Crippen LogP contribution in [0.3, 0.4) is 0 Å². The van der Waals surface area contributed by atoms with Gasteiger partial charge >= 0.3 is 0 Å². The highest BCUT2D eigenvalue weighted by atomic mass is 32.2. The van der Waals surface area contributed by atoms with Gasteiger partial charge in [0.25, 0.3) is 0 Å². The van der Waals surface area contributed by atoms with E-state index in [1.54, 1.807) is 29.6 Å². The van der Waals surface area contributed by atoms with Crippen LogP contribution in [0.25, 0.3) is 0 Å². The summed E-state index contributed by atoms with van der Waals surface area (Å²) in [6.07, 6.45) is 1.76. The Morgan fingerprint density at radius 2 is 1.89 bits per heavy atom. The summed E-state index contributed by atoms with van der Waals surface area (Å²) in [6, 6.07) is 15.0. The number of aryl methyl sites for hydroxylation is 1. The zero-order chi connectivity index (χ0) is 26.9. The number of amides is 2. The maximum atomic E-state index is 12.3. The molecule has 0 bridgehead atoms. The number of aliphatic hydroxyl groups excluding tert-OH is 1. The molecular weight excluding hydrogens is 510 g/mol. The number of carbonyl (C=O) groups excluding carboxylic acids is 2. The molecule has 0 aliphatic carbocycles. The summed E-state index contributed by atoms with van der Waals surface area (Å²) < 4.78 is 14.6. The first kappa shape index (κ1) is 27.7. The highest BCUT2D eigenvalue weighted by molar-refractivity contribution is 7.99. The Hall–Kier alpha value is -3.29. The topological polar surface area (TPSA) is 148 Å². The Kier molecular flexibility index (Phi) is 9.85. The van der Waals surface area contributed by atoms with Crippen molar-refractivity contribution in [3.8, 4) is 0 Å². The van der Waals surface area contributed by atoms with E-state index in [9.17, 15) is 14.7 Å². The fourth-order valence-corrected chi connectivity index (χ4v) is 4.95. The fraction of sp³-hybridized carbons (Fsp3) is 0.385. The van der Waals surface area contributed by atoms with E-state index < -0.39 is 12.2 Å². The van der Waals surface area contributed by atoms with Crippen LogP contribution in [0.4, 0.5) is 5.69 Å². The third kappa shape index (κ3) is 7.62. The number of thioether (sulfide) groups is 1. The molecule has 0 unspecified atom stereocenters. The number of anilines is 1. The first-order chi connectivity index (χ1) is 18.4. The van der Waals surface area contributed by atoms with Crippen LogP contribution >= 0.6 is 11.8 Å². The number of hydrogen-bond donors (Lipinski definition) is 4. The van der Waals surface area contributed by atoms with Crippen molar-refractivity contribution in [3.05, 3.63) is 71.5 Å². The van der Waals surface area contributed by atoms with Crippen LogP contribution < -0.4 is 10.8 Å². The van der Waals surface area contributed by atoms with Crippen LogP contribution in [0.5, 0.6) is 0 Å². The van der Waals surface area contributed by atoms with E-state index in [4.69, 9.17) is 14.7 Å². The van der Waals surface area contributed by atoms with Gasteiger partial charge in [-0.15, -0.1) is 10.2 Å². The summed E-state index contributed by atoms with van der Waals surface area (Å²) in [5.41, 5.74) is 4.72. The minimum atomic E-state index is -0.665. The molecule has 3 aromatic rings. The molecule has 1 aliphatic heterocycles. The molecule has 202 valence electrons. The van der Waals surface area contributed by atoms with Gasteiger partial charge in [-0.25, -0.2) is 5.48 Å². The van der Waals surface area contributed by atoms with Gasteiger partial charge in [-0.1, -0.05) is 48.2 Å². The zero-order valence-corrected chi connectivity index (χ0v) is 21.8. The van der Waals surface area contributed by atoms with E-state index in [0.29, 0.717) is 24.3 Å². The summed E-state index contributed by atoms with van der Waals surface area (Å²) in [6.45, 7) is -0.0261. The number of ether oxygens (including phenoxy) is 2. The van der Waals surface area contributed by atoms with Gasteiger partial charge in [0.15, 0.2) is 11.4 Å². The normalized spacial score (nSPS) is 19.2. The molecule has 3 atom stereocenters. The minimum absolute atomic E-state index is 0.0261. The molecule has 4 rings (SSSR count). The SMILES string of the molecule is Cn1cnnc1SC[C@@H]1C[C@H](c2ccc(CO)cc2)O[C@H](c2cccc(NC(=O)CCCC(=O)NO)c2)O1. The van der Waals surface area contributed by atoms with Gasteiger partial charge in [0.2, 0.25) is 11.8 Å². The van der Waals surface area contributed by atoms with Gasteiger partial charge in [-0.05, 0) is 29.7 Å². The van der Waals surface area contributed by atoms with Gasteiger partial charge in [-0.3, -0.25) is 14.8 Å². The lowest BCUT2D eigenvalue weighted by Gasteiger charge is -2.36. The Morgan fingerprint density at radius 3 is 2.61 bits per heavy atom. The molecule has 0 radical (unpaired) electrons. The molecule has 0 spiro atoms. The van der Waals surface area contributed by atoms with E-state index in [1.807, 2.05) is 54.1 Å². The third-order valence-corrected chi connectivity index (χ3v) is 7.22. The van der Waals surface area contributed by atoms with Crippen molar-refractivity contribution in [2.45, 2.75) is 55.9 Å². The largest absolute Gasteiger partial charge is 0.392 e. The molecule has 11 nitrogen and oxygen atoms in total. The fourth-order valence-electron chi connectivity index (χ4n) is 4.05. The number of nitrogens with one attached hydrogen (secondary N) is 2. The van der Waals surface area contributed by atoms with E-state index >= 15 is 0 Å². The van der Waals surface area contributed by atoms with E-state index in [-0.39, 0.29) is 37.6 Å². The second-order valence-electron chi connectivity index (χ2n) is 8.95. The zero-order valence-electron chi connectivity index (χ0n) is 20.9. The predicted octanol–water partition coefficient (Wildman–Crippen LogP) is 3.26. The Morgan fingerprint density at radius 1 is 1.11 bits per heavy atom. The van der Waals surface area contributed by atoms with Crippen LogP contribution in [-0.2, 0) is 32.7 Å². The van der Waals surface area contributed by atoms with Crippen LogP contribution in [0.15, 0.2) is 60.0 Å². The Bertz CT molecular complexity index is 1220. The lowest BCUT2D eigenvalue weighted by atomic mass is 10.0. The number of carbonyl (C=O) groups is 2. The van der Waals surface area contributed by atoms with Crippen LogP contribution in [-0.4, -0.2) is 48.7 Å². The highest BCUT2D eigenvalue weighted by Crippen LogP contribution is 2.39. The number of aromatic nitrogens is 3. The molecule has 1 aliphatic rings. The third-order valence-electron chi connectivity index (χ3n) is 6.06. The predicted molar refractivity (Wildman–Crippen MR) is 139 cm³/mol. The average Bonchev–Trinajstić information content (AvgIpc) is 3.36. The van der Waals surface area contributed by atoms with Crippen molar-refractivity contribution < 1.29 is 29.4 Å². The molecule has 1 saturated heterocycles. The maximum absolute atomic E-state index is 12.3. The van der Waals surface area contributed by atoms with Gasteiger partial charge in [0, 0.05) is 43.3 Å². The summed E-state index contributed by atoms with van der Waals surface area (Å²) in [5.74, 6) is -0.118. The lowest BCUT2D eigenvalue weighted by molar-refractivity contribution is -0.245. The highest BCUT2D eigenvalue weighted by Gasteiger charge is 2.32. The van der Waals surface area contributed by atoms with Crippen molar-refractivity contribution in [2.75, 3.05) is 11.1 Å². The van der Waals surface area contributed by atoms with Gasteiger partial charge < -0.3 is 24.5 Å². The van der Waals surface area contributed by atoms with E-state index in [1.165, 1.54) is 0 Å². The minimum Gasteiger partial charge on any atom is -0.392 e. The summed E-state index contributed by atoms with van der Waals surface area (Å²) in [7, 11) is 1.89. The van der Waals surface area contributed by atoms with Gasteiger partial charge in [0.1, 0.15) is 6.33 Å². The average molecular weight is 542 g/mol. The standard InChI is InChI=1S/C26H31N5O6S/c1-31-16-27-29-26(31)38-15-21-13-22(18-10-8-17(14-32)9-11-18)37-25(36-21)19-4-2-5-20(12-19)28-23(33)6-3-7-24(34)30-35/h2,4-5,8-12,16,21-22,25,32,35H,3,6-7,13-15H2,1H3,(H,28,33)(H,30,34)/t21-,22+,25+/m0/s1. The number of benzene rings is 2. The lowest BCUT2D eigenvalue weighted by Crippen LogP contribution is -2.31. The van der Waals surface area contributed by atoms with Crippen molar-refractivity contribution in [1.29, 1.82) is 0 Å². The smallest absolute Gasteiger partial charge is 0.243 e. The van der Waals surface area contributed by atoms with E-state index in [0.717, 1.165) is 21.8 Å². The number of aliphatic hydroxyl groups is 1. The second-order valence-corrected chi connectivity index (χ2v) is 9.93. The molecule has 2 aromatic carbocycles. The number of hydrogen-bond acceptors (Lipinski definition) is 9. The maximum Gasteiger partial charge on any atom is 0.243 e.